The van der Waals surface area contributed by atoms with Gasteiger partial charge >= 0.3 is 0 Å². The molecule has 0 atom stereocenters. The third-order valence-corrected chi connectivity index (χ3v) is 4.59. The van der Waals surface area contributed by atoms with Gasteiger partial charge in [-0.2, -0.15) is 0 Å². The van der Waals surface area contributed by atoms with E-state index in [4.69, 9.17) is 4.99 Å². The Hall–Kier alpha value is -2.76. The number of hydrogen-bond donors (Lipinski definition) is 0. The topological polar surface area (TPSA) is 77.5 Å². The van der Waals surface area contributed by atoms with Crippen LogP contribution in [0.4, 0.5) is 5.69 Å². The summed E-state index contributed by atoms with van der Waals surface area (Å²) in [5, 5.41) is 10.9. The van der Waals surface area contributed by atoms with Gasteiger partial charge in [0, 0.05) is 23.4 Å². The zero-order valence-corrected chi connectivity index (χ0v) is 14.2. The number of pyridine rings is 1. The van der Waals surface area contributed by atoms with E-state index in [1.54, 1.807) is 25.3 Å². The maximum Gasteiger partial charge on any atom is 0.272 e. The van der Waals surface area contributed by atoms with Crippen molar-refractivity contribution in [3.63, 3.8) is 0 Å². The van der Waals surface area contributed by atoms with Gasteiger partial charge in [-0.1, -0.05) is 25.3 Å². The van der Waals surface area contributed by atoms with Crippen molar-refractivity contribution >= 4 is 11.6 Å². The van der Waals surface area contributed by atoms with E-state index in [2.05, 4.69) is 0 Å². The molecule has 3 rings (SSSR count). The van der Waals surface area contributed by atoms with Crippen molar-refractivity contribution in [3.8, 4) is 0 Å². The van der Waals surface area contributed by atoms with E-state index in [-0.39, 0.29) is 17.6 Å². The number of carbonyl (C=O) groups is 1. The lowest BCUT2D eigenvalue weighted by molar-refractivity contribution is -0.385. The quantitative estimate of drug-likeness (QED) is 0.633. The molecule has 6 heteroatoms. The fourth-order valence-electron chi connectivity index (χ4n) is 3.24. The van der Waals surface area contributed by atoms with Crippen molar-refractivity contribution in [1.29, 1.82) is 0 Å². The smallest absolute Gasteiger partial charge is 0.268 e. The van der Waals surface area contributed by atoms with Gasteiger partial charge in [-0.05, 0) is 44.0 Å². The first-order valence-corrected chi connectivity index (χ1v) is 8.57. The number of carbonyl (C=O) groups excluding carboxylic acids is 1. The number of hydrogen-bond acceptors (Lipinski definition) is 4. The second-order valence-corrected chi connectivity index (χ2v) is 6.41. The number of benzene rings is 1. The molecule has 1 fully saturated rings. The van der Waals surface area contributed by atoms with Crippen molar-refractivity contribution in [3.05, 3.63) is 69.3 Å². The van der Waals surface area contributed by atoms with Gasteiger partial charge in [0.2, 0.25) is 0 Å². The van der Waals surface area contributed by atoms with Crippen molar-refractivity contribution in [2.45, 2.75) is 45.1 Å². The maximum absolute atomic E-state index is 12.9. The maximum atomic E-state index is 12.9. The molecule has 0 aliphatic heterocycles. The van der Waals surface area contributed by atoms with Crippen LogP contribution >= 0.6 is 0 Å². The average molecular weight is 339 g/mol. The van der Waals surface area contributed by atoms with Crippen LogP contribution in [0.3, 0.4) is 0 Å². The Kier molecular flexibility index (Phi) is 5.07. The van der Waals surface area contributed by atoms with Gasteiger partial charge in [-0.25, -0.2) is 0 Å². The van der Waals surface area contributed by atoms with Crippen LogP contribution in [0.15, 0.2) is 47.6 Å². The molecule has 0 unspecified atom stereocenters. The number of rotatable bonds is 3. The molecule has 1 aliphatic rings. The number of nitrogens with zero attached hydrogens (tertiary/aromatic N) is 3. The van der Waals surface area contributed by atoms with Crippen LogP contribution in [0.2, 0.25) is 0 Å². The molecule has 25 heavy (non-hydrogen) atoms. The van der Waals surface area contributed by atoms with Crippen molar-refractivity contribution in [2.75, 3.05) is 0 Å². The molecule has 0 amide bonds. The first kappa shape index (κ1) is 17.1. The molecule has 130 valence electrons. The summed E-state index contributed by atoms with van der Waals surface area (Å²) in [6.45, 7) is 1.64. The Balaban J connectivity index is 1.96. The number of nitro groups is 1. The molecule has 1 aromatic carbocycles. The monoisotopic (exact) mass is 339 g/mol. The summed E-state index contributed by atoms with van der Waals surface area (Å²) in [6.07, 6.45) is 7.41. The van der Waals surface area contributed by atoms with Gasteiger partial charge in [0.15, 0.2) is 0 Å². The highest BCUT2D eigenvalue weighted by atomic mass is 16.6. The molecule has 1 heterocycles. The molecule has 1 saturated carbocycles. The third kappa shape index (κ3) is 3.84. The molecule has 1 aromatic heterocycles. The van der Waals surface area contributed by atoms with Crippen LogP contribution in [-0.2, 0) is 0 Å². The fraction of sp³-hybridized carbons (Fsp3) is 0.368. The molecule has 0 N–H and O–H groups in total. The highest BCUT2D eigenvalue weighted by molar-refractivity contribution is 5.96. The van der Waals surface area contributed by atoms with Crippen LogP contribution < -0.4 is 5.49 Å². The molecular formula is C19H21N3O3. The van der Waals surface area contributed by atoms with Gasteiger partial charge in [0.1, 0.15) is 5.49 Å². The van der Waals surface area contributed by atoms with E-state index >= 15 is 0 Å². The summed E-state index contributed by atoms with van der Waals surface area (Å²) < 4.78 is 1.52. The standard InChI is InChI=1S/C19H21N3O3/c1-14-13-15(10-11-17(14)22(24)25)19(23)21-12-6-5-9-18(21)20-16-7-3-2-4-8-16/h5-6,9-13,16H,2-4,7-8H2,1H3. The third-order valence-electron chi connectivity index (χ3n) is 4.59. The predicted octanol–water partition coefficient (Wildman–Crippen LogP) is 3.63. The minimum atomic E-state index is -0.441. The van der Waals surface area contributed by atoms with E-state index < -0.39 is 4.92 Å². The summed E-state index contributed by atoms with van der Waals surface area (Å²) in [4.78, 5) is 28.1. The van der Waals surface area contributed by atoms with Crippen molar-refractivity contribution < 1.29 is 9.72 Å². The molecule has 1 aliphatic carbocycles. The fourth-order valence-corrected chi connectivity index (χ4v) is 3.24. The van der Waals surface area contributed by atoms with E-state index in [0.29, 0.717) is 16.6 Å². The first-order valence-electron chi connectivity index (χ1n) is 8.57. The molecule has 0 spiro atoms. The summed E-state index contributed by atoms with van der Waals surface area (Å²) >= 11 is 0. The summed E-state index contributed by atoms with van der Waals surface area (Å²) in [5.41, 5.74) is 1.54. The Morgan fingerprint density at radius 1 is 1.20 bits per heavy atom. The largest absolute Gasteiger partial charge is 0.272 e. The molecule has 0 radical (unpaired) electrons. The lowest BCUT2D eigenvalue weighted by atomic mass is 9.96. The van der Waals surface area contributed by atoms with Gasteiger partial charge in [0.25, 0.3) is 11.6 Å². The van der Waals surface area contributed by atoms with Crippen molar-refractivity contribution in [1.82, 2.24) is 4.57 Å². The van der Waals surface area contributed by atoms with E-state index in [1.165, 1.54) is 36.0 Å². The van der Waals surface area contributed by atoms with Crippen LogP contribution in [0.25, 0.3) is 0 Å². The first-order chi connectivity index (χ1) is 12.1. The number of aromatic nitrogens is 1. The second kappa shape index (κ2) is 7.42. The van der Waals surface area contributed by atoms with Gasteiger partial charge in [-0.15, -0.1) is 0 Å². The summed E-state index contributed by atoms with van der Waals surface area (Å²) in [7, 11) is 0. The van der Waals surface area contributed by atoms with Crippen LogP contribution in [0.5, 0.6) is 0 Å². The zero-order chi connectivity index (χ0) is 17.8. The van der Waals surface area contributed by atoms with E-state index in [0.717, 1.165) is 12.8 Å². The average Bonchev–Trinajstić information content (AvgIpc) is 2.62. The lowest BCUT2D eigenvalue weighted by Gasteiger charge is -2.17. The lowest BCUT2D eigenvalue weighted by Crippen LogP contribution is -2.29. The molecular weight excluding hydrogens is 318 g/mol. The summed E-state index contributed by atoms with van der Waals surface area (Å²) in [5.74, 6) is -0.229. The van der Waals surface area contributed by atoms with Gasteiger partial charge in [0.05, 0.1) is 11.0 Å². The number of nitro benzene ring substituents is 1. The van der Waals surface area contributed by atoms with Gasteiger partial charge < -0.3 is 0 Å². The van der Waals surface area contributed by atoms with Crippen LogP contribution in [-0.4, -0.2) is 21.4 Å². The minimum absolute atomic E-state index is 0.0155. The van der Waals surface area contributed by atoms with E-state index in [1.807, 2.05) is 12.1 Å². The molecule has 6 nitrogen and oxygen atoms in total. The van der Waals surface area contributed by atoms with Gasteiger partial charge in [-0.3, -0.25) is 24.5 Å². The Morgan fingerprint density at radius 2 is 1.96 bits per heavy atom. The highest BCUT2D eigenvalue weighted by Crippen LogP contribution is 2.20. The van der Waals surface area contributed by atoms with E-state index in [9.17, 15) is 14.9 Å². The minimum Gasteiger partial charge on any atom is -0.268 e. The van der Waals surface area contributed by atoms with Crippen LogP contribution in [0.1, 0.15) is 48.0 Å². The van der Waals surface area contributed by atoms with Crippen LogP contribution in [0, 0.1) is 17.0 Å². The Bertz CT molecular complexity index is 864. The SMILES string of the molecule is Cc1cc(C(=O)n2ccccc2=NC2CCCCC2)ccc1[N+](=O)[O-]. The predicted molar refractivity (Wildman–Crippen MR) is 94.4 cm³/mol. The number of aryl methyl sites for hydroxylation is 1. The Labute approximate surface area is 146 Å². The zero-order valence-electron chi connectivity index (χ0n) is 14.2. The molecule has 0 saturated heterocycles. The van der Waals surface area contributed by atoms with Crippen molar-refractivity contribution in [2.24, 2.45) is 4.99 Å². The Morgan fingerprint density at radius 3 is 2.64 bits per heavy atom. The molecule has 2 aromatic rings. The summed E-state index contributed by atoms with van der Waals surface area (Å²) in [6, 6.07) is 10.2. The second-order valence-electron chi connectivity index (χ2n) is 6.41. The molecule has 0 bridgehead atoms. The normalized spacial score (nSPS) is 16.0. The highest BCUT2D eigenvalue weighted by Gasteiger charge is 2.16.